The number of primary amides is 2. The lowest BCUT2D eigenvalue weighted by Gasteiger charge is -2.38. The molecule has 216 valence electrons. The SMILES string of the molecule is N#CC1CCCN1C(=O)CN[C@H](CC1(c2nnn[nH]2)c2ccc(C(N)=O)cc2CCc2cc(C(N)=O)ccc21)C1CC1. The van der Waals surface area contributed by atoms with E-state index in [4.69, 9.17) is 11.5 Å². The van der Waals surface area contributed by atoms with Crippen molar-refractivity contribution in [2.24, 2.45) is 17.4 Å². The highest BCUT2D eigenvalue weighted by molar-refractivity contribution is 5.94. The molecule has 42 heavy (non-hydrogen) atoms. The van der Waals surface area contributed by atoms with Gasteiger partial charge in [-0.2, -0.15) is 5.26 Å². The Balaban J connectivity index is 1.46. The summed E-state index contributed by atoms with van der Waals surface area (Å²) in [7, 11) is 0. The molecule has 0 spiro atoms. The zero-order chi connectivity index (χ0) is 29.4. The Labute approximate surface area is 242 Å². The van der Waals surface area contributed by atoms with Gasteiger partial charge in [0.05, 0.1) is 18.0 Å². The van der Waals surface area contributed by atoms with E-state index in [-0.39, 0.29) is 24.5 Å². The van der Waals surface area contributed by atoms with Crippen LogP contribution in [0.25, 0.3) is 0 Å². The van der Waals surface area contributed by atoms with Gasteiger partial charge < -0.3 is 21.7 Å². The van der Waals surface area contributed by atoms with Crippen molar-refractivity contribution in [3.63, 3.8) is 0 Å². The van der Waals surface area contributed by atoms with Crippen LogP contribution < -0.4 is 16.8 Å². The number of H-pyrrole nitrogens is 1. The van der Waals surface area contributed by atoms with Gasteiger partial charge >= 0.3 is 0 Å². The molecule has 1 saturated heterocycles. The van der Waals surface area contributed by atoms with Crippen molar-refractivity contribution in [2.75, 3.05) is 13.1 Å². The summed E-state index contributed by atoms with van der Waals surface area (Å²) in [6.07, 6.45) is 5.26. The number of amides is 3. The van der Waals surface area contributed by atoms with Crippen molar-refractivity contribution in [2.45, 2.75) is 62.4 Å². The summed E-state index contributed by atoms with van der Waals surface area (Å²) in [6.45, 7) is 0.705. The van der Waals surface area contributed by atoms with E-state index in [1.54, 1.807) is 17.0 Å². The topological polar surface area (TPSA) is 197 Å². The number of carbonyl (C=O) groups is 3. The number of benzene rings is 2. The number of hydrogen-bond donors (Lipinski definition) is 4. The number of likely N-dealkylation sites (tertiary alicyclic amines) is 1. The predicted octanol–water partition coefficient (Wildman–Crippen LogP) is 1.10. The van der Waals surface area contributed by atoms with Crippen LogP contribution in [0.15, 0.2) is 36.4 Å². The van der Waals surface area contributed by atoms with Gasteiger partial charge in [0.25, 0.3) is 0 Å². The average Bonchev–Trinajstić information content (AvgIpc) is 3.50. The van der Waals surface area contributed by atoms with Gasteiger partial charge in [-0.1, -0.05) is 12.1 Å². The molecule has 0 radical (unpaired) electrons. The first-order chi connectivity index (χ1) is 20.3. The molecule has 1 saturated carbocycles. The number of aromatic amines is 1. The van der Waals surface area contributed by atoms with Crippen molar-refractivity contribution in [3.05, 3.63) is 75.6 Å². The molecule has 3 amide bonds. The highest BCUT2D eigenvalue weighted by atomic mass is 16.2. The number of nitriles is 1. The Kier molecular flexibility index (Phi) is 7.20. The third-order valence-corrected chi connectivity index (χ3v) is 9.07. The van der Waals surface area contributed by atoms with Crippen molar-refractivity contribution in [3.8, 4) is 6.07 Å². The summed E-state index contributed by atoms with van der Waals surface area (Å²) < 4.78 is 0. The minimum Gasteiger partial charge on any atom is -0.366 e. The molecule has 2 heterocycles. The van der Waals surface area contributed by atoms with Crippen molar-refractivity contribution < 1.29 is 14.4 Å². The zero-order valence-corrected chi connectivity index (χ0v) is 23.2. The fraction of sp³-hybridized carbons (Fsp3) is 0.433. The van der Waals surface area contributed by atoms with E-state index in [9.17, 15) is 19.6 Å². The molecule has 2 aromatic carbocycles. The number of aromatic nitrogens is 4. The second kappa shape index (κ2) is 11.0. The Morgan fingerprint density at radius 2 is 1.69 bits per heavy atom. The molecule has 2 aliphatic carbocycles. The average molecular weight is 568 g/mol. The molecule has 3 aliphatic rings. The van der Waals surface area contributed by atoms with Gasteiger partial charge in [-0.05, 0) is 108 Å². The second-order valence-electron chi connectivity index (χ2n) is 11.5. The van der Waals surface area contributed by atoms with Crippen LogP contribution in [0.1, 0.15) is 80.9 Å². The molecule has 12 nitrogen and oxygen atoms in total. The van der Waals surface area contributed by atoms with E-state index < -0.39 is 17.2 Å². The van der Waals surface area contributed by atoms with Crippen LogP contribution in [-0.4, -0.2) is 68.4 Å². The summed E-state index contributed by atoms with van der Waals surface area (Å²) in [5.41, 5.74) is 14.9. The van der Waals surface area contributed by atoms with Gasteiger partial charge in [0.15, 0.2) is 5.82 Å². The summed E-state index contributed by atoms with van der Waals surface area (Å²) in [4.78, 5) is 39.2. The molecule has 6 N–H and O–H groups in total. The van der Waals surface area contributed by atoms with Crippen molar-refractivity contribution >= 4 is 17.7 Å². The molecule has 2 atom stereocenters. The van der Waals surface area contributed by atoms with E-state index in [1.807, 2.05) is 24.3 Å². The third kappa shape index (κ3) is 4.90. The van der Waals surface area contributed by atoms with E-state index >= 15 is 0 Å². The summed E-state index contributed by atoms with van der Waals surface area (Å²) in [5, 5.41) is 28.4. The van der Waals surface area contributed by atoms with Crippen LogP contribution in [0.4, 0.5) is 0 Å². The number of nitrogens with one attached hydrogen (secondary N) is 2. The smallest absolute Gasteiger partial charge is 0.248 e. The standard InChI is InChI=1S/C30H33N9O3/c31-15-22-2-1-11-39(22)26(40)16-34-25(17-3-4-17)14-30(29-35-37-38-36-29)23-9-7-20(27(32)41)12-18(23)5-6-19-13-21(28(33)42)8-10-24(19)30/h7-10,12-13,17,22,25,34H,1-6,11,14,16H2,(H2,32,41)(H2,33,42)(H,35,36,37,38)/t22?,25-/m1/s1. The number of rotatable bonds is 9. The quantitative estimate of drug-likeness (QED) is 0.295. The molecule has 1 unspecified atom stereocenters. The number of nitrogens with two attached hydrogens (primary N) is 2. The monoisotopic (exact) mass is 567 g/mol. The predicted molar refractivity (Wildman–Crippen MR) is 151 cm³/mol. The number of fused-ring (bicyclic) bond motifs is 2. The van der Waals surface area contributed by atoms with Crippen molar-refractivity contribution in [1.82, 2.24) is 30.8 Å². The van der Waals surface area contributed by atoms with E-state index in [2.05, 4.69) is 32.0 Å². The lowest BCUT2D eigenvalue weighted by Crippen LogP contribution is -2.47. The van der Waals surface area contributed by atoms with Crippen LogP contribution in [0, 0.1) is 17.2 Å². The Morgan fingerprint density at radius 1 is 1.05 bits per heavy atom. The normalized spacial score (nSPS) is 19.7. The number of nitrogens with zero attached hydrogens (tertiary/aromatic N) is 5. The van der Waals surface area contributed by atoms with Crippen LogP contribution in [0.5, 0.6) is 0 Å². The number of tetrazole rings is 1. The summed E-state index contributed by atoms with van der Waals surface area (Å²) in [6, 6.07) is 12.7. The fourth-order valence-corrected chi connectivity index (χ4v) is 6.82. The van der Waals surface area contributed by atoms with E-state index in [0.29, 0.717) is 55.1 Å². The van der Waals surface area contributed by atoms with Gasteiger partial charge in [-0.25, -0.2) is 5.10 Å². The largest absolute Gasteiger partial charge is 0.366 e. The molecule has 6 rings (SSSR count). The molecule has 0 bridgehead atoms. The Morgan fingerprint density at radius 3 is 2.21 bits per heavy atom. The molecule has 3 aromatic rings. The maximum Gasteiger partial charge on any atom is 0.248 e. The van der Waals surface area contributed by atoms with Gasteiger partial charge in [-0.15, -0.1) is 5.10 Å². The zero-order valence-electron chi connectivity index (χ0n) is 23.2. The molecule has 1 aromatic heterocycles. The minimum atomic E-state index is -0.900. The number of aryl methyl sites for hydroxylation is 2. The van der Waals surface area contributed by atoms with Gasteiger partial charge in [-0.3, -0.25) is 14.4 Å². The maximum absolute atomic E-state index is 13.2. The van der Waals surface area contributed by atoms with Gasteiger partial charge in [0.1, 0.15) is 6.04 Å². The number of carbonyl (C=O) groups excluding carboxylic acids is 3. The molecule has 2 fully saturated rings. The summed E-state index contributed by atoms with van der Waals surface area (Å²) >= 11 is 0. The van der Waals surface area contributed by atoms with Gasteiger partial charge in [0.2, 0.25) is 17.7 Å². The molecular formula is C30H33N9O3. The fourth-order valence-electron chi connectivity index (χ4n) is 6.82. The van der Waals surface area contributed by atoms with Crippen LogP contribution >= 0.6 is 0 Å². The third-order valence-electron chi connectivity index (χ3n) is 9.07. The Hall–Kier alpha value is -4.63. The highest BCUT2D eigenvalue weighted by Crippen LogP contribution is 2.49. The van der Waals surface area contributed by atoms with Crippen LogP contribution in [0.3, 0.4) is 0 Å². The second-order valence-corrected chi connectivity index (χ2v) is 11.5. The molecular weight excluding hydrogens is 534 g/mol. The van der Waals surface area contributed by atoms with Crippen LogP contribution in [-0.2, 0) is 23.1 Å². The number of hydrogen-bond acceptors (Lipinski definition) is 8. The highest BCUT2D eigenvalue weighted by Gasteiger charge is 2.48. The maximum atomic E-state index is 13.2. The first kappa shape index (κ1) is 27.5. The van der Waals surface area contributed by atoms with Crippen LogP contribution in [0.2, 0.25) is 0 Å². The molecule has 1 aliphatic heterocycles. The molecule has 12 heteroatoms. The lowest BCUT2D eigenvalue weighted by atomic mass is 9.67. The first-order valence-corrected chi connectivity index (χ1v) is 14.3. The first-order valence-electron chi connectivity index (χ1n) is 14.3. The van der Waals surface area contributed by atoms with Gasteiger partial charge in [0, 0.05) is 23.7 Å². The van der Waals surface area contributed by atoms with E-state index in [1.165, 1.54) is 0 Å². The van der Waals surface area contributed by atoms with Crippen molar-refractivity contribution in [1.29, 1.82) is 5.26 Å². The van der Waals surface area contributed by atoms with E-state index in [0.717, 1.165) is 41.5 Å². The Bertz CT molecular complexity index is 1510. The lowest BCUT2D eigenvalue weighted by molar-refractivity contribution is -0.130. The minimum absolute atomic E-state index is 0.0843. The summed E-state index contributed by atoms with van der Waals surface area (Å²) in [5.74, 6) is -0.263.